The van der Waals surface area contributed by atoms with Gasteiger partial charge in [0, 0.05) is 58.0 Å². The van der Waals surface area contributed by atoms with Crippen molar-refractivity contribution in [2.24, 2.45) is 23.7 Å². The van der Waals surface area contributed by atoms with Crippen molar-refractivity contribution in [3.05, 3.63) is 0 Å². The smallest absolute Gasteiger partial charge is 0.226 e. The highest BCUT2D eigenvalue weighted by Gasteiger charge is 2.41. The van der Waals surface area contributed by atoms with E-state index >= 15 is 0 Å². The van der Waals surface area contributed by atoms with Gasteiger partial charge in [-0.15, -0.1) is 4.83 Å². The van der Waals surface area contributed by atoms with Gasteiger partial charge in [-0.2, -0.15) is 0 Å². The third-order valence-corrected chi connectivity index (χ3v) is 11.0. The van der Waals surface area contributed by atoms with Crippen LogP contribution in [0.2, 0.25) is 0 Å². The van der Waals surface area contributed by atoms with Gasteiger partial charge in [-0.3, -0.25) is 14.4 Å². The number of hydrogen-bond donors (Lipinski definition) is 3. The van der Waals surface area contributed by atoms with Gasteiger partial charge >= 0.3 is 0 Å². The first-order chi connectivity index (χ1) is 20.7. The predicted octanol–water partition coefficient (Wildman–Crippen LogP) is 3.14. The van der Waals surface area contributed by atoms with E-state index < -0.39 is 45.2 Å². The summed E-state index contributed by atoms with van der Waals surface area (Å²) in [5.74, 6) is -1.36. The number of sulfonamides is 1. The molecule has 2 rings (SSSR count). The van der Waals surface area contributed by atoms with Gasteiger partial charge in [0.1, 0.15) is 0 Å². The Balaban J connectivity index is 2.29. The third kappa shape index (κ3) is 11.6. The molecule has 5 unspecified atom stereocenters. The number of aliphatic hydroxyl groups is 1. The minimum absolute atomic E-state index is 0.0116. The van der Waals surface area contributed by atoms with E-state index in [-0.39, 0.29) is 24.3 Å². The molecular formula is C32H61N5O6S. The van der Waals surface area contributed by atoms with Crippen LogP contribution >= 0.6 is 0 Å². The lowest BCUT2D eigenvalue weighted by molar-refractivity contribution is -0.143. The predicted molar refractivity (Wildman–Crippen MR) is 174 cm³/mol. The monoisotopic (exact) mass is 643 g/mol. The van der Waals surface area contributed by atoms with Crippen LogP contribution in [0.3, 0.4) is 0 Å². The number of carbonyl (C=O) groups is 3. The normalized spacial score (nSPS) is 22.9. The fourth-order valence-corrected chi connectivity index (χ4v) is 7.47. The maximum absolute atomic E-state index is 14.0. The molecule has 0 bridgehead atoms. The second-order valence-electron chi connectivity index (χ2n) is 13.5. The second kappa shape index (κ2) is 18.4. The van der Waals surface area contributed by atoms with E-state index in [4.69, 9.17) is 0 Å². The Morgan fingerprint density at radius 2 is 1.41 bits per heavy atom. The van der Waals surface area contributed by atoms with Crippen molar-refractivity contribution < 1.29 is 27.9 Å². The summed E-state index contributed by atoms with van der Waals surface area (Å²) in [7, 11) is -0.191. The lowest BCUT2D eigenvalue weighted by Crippen LogP contribution is -2.55. The molecule has 0 heterocycles. The number of nitrogens with zero attached hydrogens (tertiary/aromatic N) is 3. The Morgan fingerprint density at radius 3 is 1.91 bits per heavy atom. The topological polar surface area (TPSA) is 139 Å². The molecule has 3 amide bonds. The molecule has 0 radical (unpaired) electrons. The molecule has 0 spiro atoms. The molecule has 0 aromatic rings. The van der Waals surface area contributed by atoms with Crippen LogP contribution in [0.15, 0.2) is 0 Å². The molecule has 5 atom stereocenters. The molecule has 11 nitrogen and oxygen atoms in total. The van der Waals surface area contributed by atoms with E-state index in [1.54, 1.807) is 27.9 Å². The van der Waals surface area contributed by atoms with Gasteiger partial charge in [-0.05, 0) is 58.3 Å². The van der Waals surface area contributed by atoms with Crippen LogP contribution in [0.4, 0.5) is 0 Å². The lowest BCUT2D eigenvalue weighted by Gasteiger charge is -2.38. The van der Waals surface area contributed by atoms with E-state index in [0.29, 0.717) is 51.2 Å². The lowest BCUT2D eigenvalue weighted by atomic mass is 9.73. The third-order valence-electron chi connectivity index (χ3n) is 9.29. The average molecular weight is 644 g/mol. The van der Waals surface area contributed by atoms with Crippen LogP contribution in [0.1, 0.15) is 105 Å². The van der Waals surface area contributed by atoms with Gasteiger partial charge in [0.15, 0.2) is 0 Å². The number of hydrazine groups is 1. The van der Waals surface area contributed by atoms with Gasteiger partial charge in [0.05, 0.1) is 17.4 Å². The summed E-state index contributed by atoms with van der Waals surface area (Å²) in [5.41, 5.74) is 0. The molecule has 2 saturated carbocycles. The highest BCUT2D eigenvalue weighted by molar-refractivity contribution is 7.90. The summed E-state index contributed by atoms with van der Waals surface area (Å²) in [4.78, 5) is 46.7. The van der Waals surface area contributed by atoms with Crippen LogP contribution in [0, 0.1) is 23.7 Å². The van der Waals surface area contributed by atoms with Gasteiger partial charge in [-0.1, -0.05) is 52.9 Å². The molecule has 0 saturated heterocycles. The molecule has 2 fully saturated rings. The van der Waals surface area contributed by atoms with E-state index in [0.717, 1.165) is 38.5 Å². The Labute approximate surface area is 266 Å². The first-order valence-corrected chi connectivity index (χ1v) is 18.5. The summed E-state index contributed by atoms with van der Waals surface area (Å²) in [6, 6.07) is -0.584. The van der Waals surface area contributed by atoms with Crippen LogP contribution in [-0.2, 0) is 24.4 Å². The number of amides is 3. The fourth-order valence-electron chi connectivity index (χ4n) is 6.70. The summed E-state index contributed by atoms with van der Waals surface area (Å²) in [5, 5.41) is 15.4. The number of nitrogens with one attached hydrogen (secondary N) is 2. The Bertz CT molecular complexity index is 1010. The summed E-state index contributed by atoms with van der Waals surface area (Å²) >= 11 is 0. The first kappa shape index (κ1) is 38.4. The maximum Gasteiger partial charge on any atom is 0.226 e. The molecule has 3 N–H and O–H groups in total. The van der Waals surface area contributed by atoms with Gasteiger partial charge in [-0.25, -0.2) is 13.4 Å². The van der Waals surface area contributed by atoms with Crippen molar-refractivity contribution in [1.29, 1.82) is 0 Å². The van der Waals surface area contributed by atoms with Gasteiger partial charge in [0.2, 0.25) is 27.7 Å². The van der Waals surface area contributed by atoms with Gasteiger partial charge < -0.3 is 20.2 Å². The van der Waals surface area contributed by atoms with Crippen molar-refractivity contribution in [3.8, 4) is 0 Å². The summed E-state index contributed by atoms with van der Waals surface area (Å²) < 4.78 is 25.1. The van der Waals surface area contributed by atoms with E-state index in [9.17, 15) is 27.9 Å². The number of aliphatic hydroxyl groups excluding tert-OH is 1. The highest BCUT2D eigenvalue weighted by atomic mass is 32.2. The minimum atomic E-state index is -3.59. The number of likely N-dealkylation sites (N-methyl/N-ethyl adjacent to an activating group) is 1. The fraction of sp³-hybridized carbons (Fsp3) is 0.906. The zero-order chi connectivity index (χ0) is 33.0. The standard InChI is InChI=1S/C32H61N5O6S/c1-8-16-36(17-9-2)32(41)27-20-25(19-26(21-27)31(40)35(6)7)30(39)33-28(18-24-14-12-11-13-15-24)29(38)22-37(10-3)34-44(42,43)23(4)5/h23-29,34,38H,8-22H2,1-7H3,(H,33,39). The second-order valence-corrected chi connectivity index (χ2v) is 15.7. The molecule has 44 heavy (non-hydrogen) atoms. The molecule has 0 aromatic heterocycles. The molecular weight excluding hydrogens is 582 g/mol. The molecule has 2 aliphatic carbocycles. The van der Waals surface area contributed by atoms with E-state index in [1.807, 2.05) is 25.7 Å². The number of rotatable bonds is 17. The average Bonchev–Trinajstić information content (AvgIpc) is 2.99. The van der Waals surface area contributed by atoms with Crippen LogP contribution in [0.5, 0.6) is 0 Å². The van der Waals surface area contributed by atoms with Crippen molar-refractivity contribution in [3.63, 3.8) is 0 Å². The van der Waals surface area contributed by atoms with Crippen molar-refractivity contribution in [2.75, 3.05) is 40.3 Å². The molecule has 256 valence electrons. The maximum atomic E-state index is 14.0. The molecule has 0 aromatic carbocycles. The van der Waals surface area contributed by atoms with E-state index in [2.05, 4.69) is 10.1 Å². The highest BCUT2D eigenvalue weighted by Crippen LogP contribution is 2.36. The zero-order valence-electron chi connectivity index (χ0n) is 28.4. The van der Waals surface area contributed by atoms with Crippen molar-refractivity contribution >= 4 is 27.7 Å². The van der Waals surface area contributed by atoms with Crippen LogP contribution < -0.4 is 10.1 Å². The number of hydrogen-bond acceptors (Lipinski definition) is 7. The minimum Gasteiger partial charge on any atom is -0.390 e. The van der Waals surface area contributed by atoms with Crippen LogP contribution in [-0.4, -0.2) is 104 Å². The van der Waals surface area contributed by atoms with Crippen LogP contribution in [0.25, 0.3) is 0 Å². The van der Waals surface area contributed by atoms with E-state index in [1.165, 1.54) is 16.3 Å². The Kier molecular flexibility index (Phi) is 16.1. The quantitative estimate of drug-likeness (QED) is 0.207. The van der Waals surface area contributed by atoms with Crippen molar-refractivity contribution in [2.45, 2.75) is 123 Å². The Morgan fingerprint density at radius 1 is 0.864 bits per heavy atom. The Hall–Kier alpha value is -1.76. The number of carbonyl (C=O) groups excluding carboxylic acids is 3. The first-order valence-electron chi connectivity index (χ1n) is 17.0. The molecule has 0 aliphatic heterocycles. The molecule has 2 aliphatic rings. The summed E-state index contributed by atoms with van der Waals surface area (Å²) in [6.45, 7) is 10.8. The zero-order valence-corrected chi connectivity index (χ0v) is 29.2. The summed E-state index contributed by atoms with van der Waals surface area (Å²) in [6.07, 6.45) is 7.88. The SMILES string of the molecule is CCCN(CCC)C(=O)C1CC(C(=O)NC(CC2CCCCC2)C(O)CN(CC)NS(=O)(=O)C(C)C)CC(C(=O)N(C)C)C1. The van der Waals surface area contributed by atoms with Gasteiger partial charge in [0.25, 0.3) is 0 Å². The van der Waals surface area contributed by atoms with Crippen molar-refractivity contribution in [1.82, 2.24) is 25.0 Å². The molecule has 12 heteroatoms. The largest absolute Gasteiger partial charge is 0.390 e.